The van der Waals surface area contributed by atoms with Crippen molar-refractivity contribution in [3.63, 3.8) is 0 Å². The second-order valence-corrected chi connectivity index (χ2v) is 5.42. The zero-order valence-corrected chi connectivity index (χ0v) is 13.5. The standard InChI is InChI=1S/C18H10ClN3O3/c19-13-7-11(8-20)5-6-15(13)24-10-17(23)22-18-12-3-1-2-4-14(12)25-16(18)9-21/h1-7H,10H2,(H,22,23). The third-order valence-corrected chi connectivity index (χ3v) is 3.68. The van der Waals surface area contributed by atoms with E-state index < -0.39 is 5.91 Å². The highest BCUT2D eigenvalue weighted by atomic mass is 35.5. The van der Waals surface area contributed by atoms with E-state index in [-0.39, 0.29) is 23.1 Å². The molecule has 7 heteroatoms. The van der Waals surface area contributed by atoms with Gasteiger partial charge in [-0.05, 0) is 30.3 Å². The van der Waals surface area contributed by atoms with E-state index >= 15 is 0 Å². The van der Waals surface area contributed by atoms with Gasteiger partial charge in [0.1, 0.15) is 23.1 Å². The molecule has 0 aliphatic rings. The summed E-state index contributed by atoms with van der Waals surface area (Å²) in [5, 5.41) is 21.4. The van der Waals surface area contributed by atoms with Crippen LogP contribution in [-0.4, -0.2) is 12.5 Å². The first-order chi connectivity index (χ1) is 12.1. The molecule has 0 saturated heterocycles. The average molecular weight is 352 g/mol. The van der Waals surface area contributed by atoms with E-state index in [0.717, 1.165) is 0 Å². The highest BCUT2D eigenvalue weighted by Crippen LogP contribution is 2.30. The number of nitrogens with one attached hydrogen (secondary N) is 1. The summed E-state index contributed by atoms with van der Waals surface area (Å²) in [6.07, 6.45) is 0. The molecule has 1 aromatic heterocycles. The second kappa shape index (κ2) is 6.96. The number of ether oxygens (including phenoxy) is 1. The molecular weight excluding hydrogens is 342 g/mol. The number of para-hydroxylation sites is 1. The largest absolute Gasteiger partial charge is 0.482 e. The molecule has 0 saturated carbocycles. The molecule has 0 bridgehead atoms. The highest BCUT2D eigenvalue weighted by molar-refractivity contribution is 6.32. The van der Waals surface area contributed by atoms with E-state index in [1.54, 1.807) is 24.3 Å². The fraction of sp³-hybridized carbons (Fsp3) is 0.0556. The molecule has 3 aromatic rings. The van der Waals surface area contributed by atoms with Gasteiger partial charge < -0.3 is 14.5 Å². The number of nitriles is 2. The number of fused-ring (bicyclic) bond motifs is 1. The Bertz CT molecular complexity index is 1040. The number of carbonyl (C=O) groups is 1. The topological polar surface area (TPSA) is 99.0 Å². The van der Waals surface area contributed by atoms with E-state index in [2.05, 4.69) is 5.32 Å². The van der Waals surface area contributed by atoms with E-state index in [4.69, 9.17) is 31.3 Å². The third-order valence-electron chi connectivity index (χ3n) is 3.38. The van der Waals surface area contributed by atoms with Crippen LogP contribution in [0, 0.1) is 22.7 Å². The number of hydrogen-bond acceptors (Lipinski definition) is 5. The third kappa shape index (κ3) is 3.40. The molecule has 0 spiro atoms. The first-order valence-corrected chi connectivity index (χ1v) is 7.54. The lowest BCUT2D eigenvalue weighted by Gasteiger charge is -2.08. The summed E-state index contributed by atoms with van der Waals surface area (Å²) in [5.41, 5.74) is 1.20. The van der Waals surface area contributed by atoms with E-state index in [1.807, 2.05) is 12.1 Å². The maximum absolute atomic E-state index is 12.1. The Morgan fingerprint density at radius 3 is 2.72 bits per heavy atom. The number of carbonyl (C=O) groups excluding carboxylic acids is 1. The summed E-state index contributed by atoms with van der Waals surface area (Å²) in [6.45, 7) is -0.310. The smallest absolute Gasteiger partial charge is 0.262 e. The van der Waals surface area contributed by atoms with Crippen molar-refractivity contribution in [3.8, 4) is 17.9 Å². The van der Waals surface area contributed by atoms with Crippen LogP contribution in [-0.2, 0) is 4.79 Å². The monoisotopic (exact) mass is 351 g/mol. The van der Waals surface area contributed by atoms with Crippen molar-refractivity contribution in [3.05, 3.63) is 58.8 Å². The molecule has 1 heterocycles. The summed E-state index contributed by atoms with van der Waals surface area (Å²) < 4.78 is 10.8. The molecule has 3 rings (SSSR count). The van der Waals surface area contributed by atoms with Crippen molar-refractivity contribution in [2.24, 2.45) is 0 Å². The van der Waals surface area contributed by atoms with Gasteiger partial charge in [-0.25, -0.2) is 0 Å². The van der Waals surface area contributed by atoms with Crippen molar-refractivity contribution < 1.29 is 13.9 Å². The van der Waals surface area contributed by atoms with Crippen LogP contribution in [0.3, 0.4) is 0 Å². The van der Waals surface area contributed by atoms with Gasteiger partial charge in [0.25, 0.3) is 5.91 Å². The molecule has 25 heavy (non-hydrogen) atoms. The van der Waals surface area contributed by atoms with Gasteiger partial charge >= 0.3 is 0 Å². The van der Waals surface area contributed by atoms with Gasteiger partial charge in [-0.3, -0.25) is 4.79 Å². The number of hydrogen-bond donors (Lipinski definition) is 1. The van der Waals surface area contributed by atoms with Crippen LogP contribution in [0.15, 0.2) is 46.9 Å². The van der Waals surface area contributed by atoms with Gasteiger partial charge in [0.05, 0.1) is 16.7 Å². The SMILES string of the molecule is N#Cc1ccc(OCC(=O)Nc2c(C#N)oc3ccccc23)c(Cl)c1. The number of furan rings is 1. The molecule has 1 N–H and O–H groups in total. The van der Waals surface area contributed by atoms with Crippen molar-refractivity contribution in [2.75, 3.05) is 11.9 Å². The molecule has 2 aromatic carbocycles. The van der Waals surface area contributed by atoms with Gasteiger partial charge in [-0.2, -0.15) is 10.5 Å². The number of rotatable bonds is 4. The normalized spacial score (nSPS) is 10.0. The first-order valence-electron chi connectivity index (χ1n) is 7.16. The summed E-state index contributed by atoms with van der Waals surface area (Å²) in [4.78, 5) is 12.1. The average Bonchev–Trinajstić information content (AvgIpc) is 2.98. The number of halogens is 1. The van der Waals surface area contributed by atoms with Crippen molar-refractivity contribution >= 4 is 34.2 Å². The van der Waals surface area contributed by atoms with Crippen molar-refractivity contribution in [2.45, 2.75) is 0 Å². The minimum absolute atomic E-state index is 0.0194. The molecule has 0 unspecified atom stereocenters. The van der Waals surface area contributed by atoms with Crippen LogP contribution in [0.2, 0.25) is 5.02 Å². The van der Waals surface area contributed by atoms with Crippen LogP contribution in [0.5, 0.6) is 5.75 Å². The zero-order valence-electron chi connectivity index (χ0n) is 12.7. The Kier molecular flexibility index (Phi) is 4.56. The fourth-order valence-corrected chi connectivity index (χ4v) is 2.49. The van der Waals surface area contributed by atoms with E-state index in [1.165, 1.54) is 18.2 Å². The molecule has 122 valence electrons. The summed E-state index contributed by atoms with van der Waals surface area (Å²) in [6, 6.07) is 15.4. The van der Waals surface area contributed by atoms with Crippen molar-refractivity contribution in [1.29, 1.82) is 10.5 Å². The Balaban J connectivity index is 1.74. The van der Waals surface area contributed by atoms with Crippen LogP contribution < -0.4 is 10.1 Å². The van der Waals surface area contributed by atoms with Gasteiger partial charge in [0, 0.05) is 5.39 Å². The molecule has 0 aliphatic carbocycles. The molecule has 0 radical (unpaired) electrons. The quantitative estimate of drug-likeness (QED) is 0.769. The first kappa shape index (κ1) is 16.4. The predicted molar refractivity (Wildman–Crippen MR) is 91.2 cm³/mol. The molecule has 0 fully saturated rings. The molecular formula is C18H10ClN3O3. The molecule has 0 aliphatic heterocycles. The van der Waals surface area contributed by atoms with Gasteiger partial charge in [0.2, 0.25) is 5.76 Å². The summed E-state index contributed by atoms with van der Waals surface area (Å²) in [5.74, 6) is -0.164. The Labute approximate surface area is 147 Å². The van der Waals surface area contributed by atoms with Gasteiger partial charge in [-0.1, -0.05) is 23.7 Å². The zero-order chi connectivity index (χ0) is 17.8. The predicted octanol–water partition coefficient (Wildman–Crippen LogP) is 3.85. The lowest BCUT2D eigenvalue weighted by Crippen LogP contribution is -2.20. The van der Waals surface area contributed by atoms with Crippen molar-refractivity contribution in [1.82, 2.24) is 0 Å². The fourth-order valence-electron chi connectivity index (χ4n) is 2.25. The maximum Gasteiger partial charge on any atom is 0.262 e. The minimum Gasteiger partial charge on any atom is -0.482 e. The molecule has 0 atom stereocenters. The second-order valence-electron chi connectivity index (χ2n) is 5.01. The Hall–Kier alpha value is -3.48. The van der Waals surface area contributed by atoms with E-state index in [9.17, 15) is 4.79 Å². The van der Waals surface area contributed by atoms with Crippen LogP contribution >= 0.6 is 11.6 Å². The molecule has 1 amide bonds. The van der Waals surface area contributed by atoms with E-state index in [0.29, 0.717) is 22.2 Å². The van der Waals surface area contributed by atoms with Gasteiger partial charge in [-0.15, -0.1) is 0 Å². The molecule has 6 nitrogen and oxygen atoms in total. The number of amides is 1. The Morgan fingerprint density at radius 2 is 2.00 bits per heavy atom. The lowest BCUT2D eigenvalue weighted by atomic mass is 10.2. The number of nitrogens with zero attached hydrogens (tertiary/aromatic N) is 2. The van der Waals surface area contributed by atoms with Gasteiger partial charge in [0.15, 0.2) is 6.61 Å². The highest BCUT2D eigenvalue weighted by Gasteiger charge is 2.16. The van der Waals surface area contributed by atoms with Crippen LogP contribution in [0.4, 0.5) is 5.69 Å². The minimum atomic E-state index is -0.469. The lowest BCUT2D eigenvalue weighted by molar-refractivity contribution is -0.118. The summed E-state index contributed by atoms with van der Waals surface area (Å²) in [7, 11) is 0. The maximum atomic E-state index is 12.1. The van der Waals surface area contributed by atoms with Crippen LogP contribution in [0.1, 0.15) is 11.3 Å². The number of anilines is 1. The summed E-state index contributed by atoms with van der Waals surface area (Å²) >= 11 is 5.99. The van der Waals surface area contributed by atoms with Crippen LogP contribution in [0.25, 0.3) is 11.0 Å². The number of benzene rings is 2. The Morgan fingerprint density at radius 1 is 1.20 bits per heavy atom.